The largest absolute Gasteiger partial charge is 0.478 e. The van der Waals surface area contributed by atoms with Gasteiger partial charge in [-0.3, -0.25) is 0 Å². The Bertz CT molecular complexity index is 1360. The number of nitrogens with zero attached hydrogens (tertiary/aromatic N) is 2. The van der Waals surface area contributed by atoms with Gasteiger partial charge in [-0.25, -0.2) is 9.59 Å². The normalized spacial score (nSPS) is 9.92. The molecule has 2 heterocycles. The Labute approximate surface area is 226 Å². The second-order valence-electron chi connectivity index (χ2n) is 7.99. The summed E-state index contributed by atoms with van der Waals surface area (Å²) < 4.78 is 15.8. The maximum absolute atomic E-state index is 11.3. The SMILES string of the molecule is CNc1cccc(OCc2ccc(C(=O)O)cc2)n1.CNc1cccc(OCc2ccc(C(=O)OC)cc2)n1. The molecular weight excluding hydrogens is 500 g/mol. The Kier molecular flexibility index (Phi) is 10.6. The number of aromatic carboxylic acids is 1. The lowest BCUT2D eigenvalue weighted by molar-refractivity contribution is 0.0599. The number of rotatable bonds is 10. The summed E-state index contributed by atoms with van der Waals surface area (Å²) >= 11 is 0. The van der Waals surface area contributed by atoms with Gasteiger partial charge in [0.25, 0.3) is 0 Å². The molecule has 3 N–H and O–H groups in total. The fourth-order valence-electron chi connectivity index (χ4n) is 3.18. The summed E-state index contributed by atoms with van der Waals surface area (Å²) in [7, 11) is 4.95. The van der Waals surface area contributed by atoms with Crippen molar-refractivity contribution in [1.82, 2.24) is 9.97 Å². The average Bonchev–Trinajstić information content (AvgIpc) is 2.99. The van der Waals surface area contributed by atoms with E-state index in [4.69, 9.17) is 14.6 Å². The van der Waals surface area contributed by atoms with E-state index in [1.807, 2.05) is 36.4 Å². The number of carbonyl (C=O) groups is 2. The molecule has 0 saturated heterocycles. The standard InChI is InChI=1S/C15H16N2O3.C14H14N2O3/c1-16-13-4-3-5-14(17-13)20-10-11-6-8-12(9-7-11)15(18)19-2;1-15-12-3-2-4-13(16-12)19-9-10-5-7-11(8-6-10)14(17)18/h3-9H,10H2,1-2H3,(H,16,17);2-8H,9H2,1H3,(H,15,16)(H,17,18). The highest BCUT2D eigenvalue weighted by atomic mass is 16.5. The van der Waals surface area contributed by atoms with Gasteiger partial charge in [0.1, 0.15) is 24.8 Å². The monoisotopic (exact) mass is 530 g/mol. The van der Waals surface area contributed by atoms with Crippen LogP contribution in [0.15, 0.2) is 84.9 Å². The topological polar surface area (TPSA) is 132 Å². The molecule has 10 nitrogen and oxygen atoms in total. The first-order valence-electron chi connectivity index (χ1n) is 12.0. The molecule has 4 aromatic rings. The minimum Gasteiger partial charge on any atom is -0.478 e. The van der Waals surface area contributed by atoms with Gasteiger partial charge in [0, 0.05) is 26.2 Å². The van der Waals surface area contributed by atoms with Gasteiger partial charge in [0.2, 0.25) is 11.8 Å². The molecule has 0 radical (unpaired) electrons. The maximum atomic E-state index is 11.3. The number of pyridine rings is 2. The van der Waals surface area contributed by atoms with Crippen molar-refractivity contribution < 1.29 is 28.9 Å². The van der Waals surface area contributed by atoms with E-state index in [2.05, 4.69) is 25.3 Å². The van der Waals surface area contributed by atoms with Crippen LogP contribution in [0.2, 0.25) is 0 Å². The molecule has 0 atom stereocenters. The molecule has 0 fully saturated rings. The van der Waals surface area contributed by atoms with E-state index in [9.17, 15) is 9.59 Å². The van der Waals surface area contributed by atoms with E-state index in [0.29, 0.717) is 30.5 Å². The van der Waals surface area contributed by atoms with Gasteiger partial charge in [-0.05, 0) is 47.5 Å². The number of benzene rings is 2. The number of carboxylic acid groups (broad SMARTS) is 1. The Morgan fingerprint density at radius 3 is 1.51 bits per heavy atom. The first-order valence-corrected chi connectivity index (χ1v) is 12.0. The first-order chi connectivity index (χ1) is 18.9. The first kappa shape index (κ1) is 28.5. The summed E-state index contributed by atoms with van der Waals surface area (Å²) in [5.41, 5.74) is 2.63. The smallest absolute Gasteiger partial charge is 0.337 e. The van der Waals surface area contributed by atoms with Crippen LogP contribution in [0.25, 0.3) is 0 Å². The number of methoxy groups -OCH3 is 1. The van der Waals surface area contributed by atoms with E-state index >= 15 is 0 Å². The van der Waals surface area contributed by atoms with Gasteiger partial charge in [0.15, 0.2) is 0 Å². The molecule has 39 heavy (non-hydrogen) atoms. The van der Waals surface area contributed by atoms with Gasteiger partial charge >= 0.3 is 11.9 Å². The summed E-state index contributed by atoms with van der Waals surface area (Å²) in [5, 5.41) is 14.7. The molecule has 4 rings (SSSR count). The molecule has 202 valence electrons. The zero-order valence-corrected chi connectivity index (χ0v) is 21.9. The van der Waals surface area contributed by atoms with Crippen molar-refractivity contribution in [2.24, 2.45) is 0 Å². The van der Waals surface area contributed by atoms with Gasteiger partial charge in [-0.15, -0.1) is 0 Å². The fraction of sp³-hybridized carbons (Fsp3) is 0.172. The zero-order valence-electron chi connectivity index (χ0n) is 21.9. The van der Waals surface area contributed by atoms with Gasteiger partial charge in [0.05, 0.1) is 18.2 Å². The molecule has 0 spiro atoms. The maximum Gasteiger partial charge on any atom is 0.337 e. The van der Waals surface area contributed by atoms with Gasteiger partial charge in [-0.2, -0.15) is 9.97 Å². The molecule has 0 unspecified atom stereocenters. The lowest BCUT2D eigenvalue weighted by Gasteiger charge is -2.07. The minimum absolute atomic E-state index is 0.263. The summed E-state index contributed by atoms with van der Waals surface area (Å²) in [6.07, 6.45) is 0. The number of carboxylic acids is 1. The van der Waals surface area contributed by atoms with E-state index in [0.717, 1.165) is 22.8 Å². The minimum atomic E-state index is -0.934. The number of ether oxygens (including phenoxy) is 3. The molecule has 0 bridgehead atoms. The fourth-order valence-corrected chi connectivity index (χ4v) is 3.18. The molecule has 0 saturated carbocycles. The predicted molar refractivity (Wildman–Crippen MR) is 147 cm³/mol. The number of hydrogen-bond donors (Lipinski definition) is 3. The van der Waals surface area contributed by atoms with Crippen LogP contribution >= 0.6 is 0 Å². The van der Waals surface area contributed by atoms with Crippen molar-refractivity contribution in [3.05, 3.63) is 107 Å². The molecule has 0 amide bonds. The Morgan fingerprint density at radius 2 is 1.13 bits per heavy atom. The van der Waals surface area contributed by atoms with Crippen molar-refractivity contribution in [2.45, 2.75) is 13.2 Å². The van der Waals surface area contributed by atoms with Crippen molar-refractivity contribution in [2.75, 3.05) is 31.8 Å². The molecule has 2 aromatic carbocycles. The van der Waals surface area contributed by atoms with E-state index in [-0.39, 0.29) is 11.5 Å². The second kappa shape index (κ2) is 14.6. The highest BCUT2D eigenvalue weighted by Crippen LogP contribution is 2.15. The molecule has 2 aromatic heterocycles. The quantitative estimate of drug-likeness (QED) is 0.244. The van der Waals surface area contributed by atoms with Crippen LogP contribution in [0.1, 0.15) is 31.8 Å². The van der Waals surface area contributed by atoms with Crippen molar-refractivity contribution in [3.63, 3.8) is 0 Å². The number of nitrogens with one attached hydrogen (secondary N) is 2. The van der Waals surface area contributed by atoms with Crippen LogP contribution in [0.3, 0.4) is 0 Å². The summed E-state index contributed by atoms with van der Waals surface area (Å²) in [6, 6.07) is 24.6. The summed E-state index contributed by atoms with van der Waals surface area (Å²) in [4.78, 5) is 30.5. The van der Waals surface area contributed by atoms with Crippen molar-refractivity contribution >= 4 is 23.6 Å². The number of anilines is 2. The lowest BCUT2D eigenvalue weighted by Crippen LogP contribution is -2.02. The molecule has 0 aliphatic carbocycles. The van der Waals surface area contributed by atoms with E-state index in [1.54, 1.807) is 62.6 Å². The average molecular weight is 531 g/mol. The number of esters is 1. The van der Waals surface area contributed by atoms with Crippen molar-refractivity contribution in [3.8, 4) is 11.8 Å². The summed E-state index contributed by atoms with van der Waals surface area (Å²) in [6.45, 7) is 0.738. The molecule has 0 aliphatic rings. The van der Waals surface area contributed by atoms with Crippen LogP contribution in [0.4, 0.5) is 11.6 Å². The zero-order chi connectivity index (χ0) is 28.0. The Hall–Kier alpha value is -5.12. The van der Waals surface area contributed by atoms with Crippen LogP contribution in [0.5, 0.6) is 11.8 Å². The van der Waals surface area contributed by atoms with Crippen LogP contribution in [-0.4, -0.2) is 48.2 Å². The molecule has 10 heteroatoms. The number of hydrogen-bond acceptors (Lipinski definition) is 9. The third-order valence-electron chi connectivity index (χ3n) is 5.31. The number of carbonyl (C=O) groups excluding carboxylic acids is 1. The predicted octanol–water partition coefficient (Wildman–Crippen LogP) is 4.89. The molecule has 0 aliphatic heterocycles. The van der Waals surface area contributed by atoms with Crippen LogP contribution < -0.4 is 20.1 Å². The van der Waals surface area contributed by atoms with Crippen molar-refractivity contribution in [1.29, 1.82) is 0 Å². The summed E-state index contributed by atoms with van der Waals surface area (Å²) in [5.74, 6) is 1.28. The highest BCUT2D eigenvalue weighted by molar-refractivity contribution is 5.89. The Morgan fingerprint density at radius 1 is 0.692 bits per heavy atom. The molecular formula is C29H30N4O6. The number of aromatic nitrogens is 2. The van der Waals surface area contributed by atoms with E-state index < -0.39 is 5.97 Å². The van der Waals surface area contributed by atoms with Crippen LogP contribution in [-0.2, 0) is 18.0 Å². The van der Waals surface area contributed by atoms with E-state index in [1.165, 1.54) is 7.11 Å². The highest BCUT2D eigenvalue weighted by Gasteiger charge is 2.05. The second-order valence-corrected chi connectivity index (χ2v) is 7.99. The van der Waals surface area contributed by atoms with Gasteiger partial charge < -0.3 is 30.0 Å². The Balaban J connectivity index is 0.000000216. The third kappa shape index (κ3) is 9.04. The third-order valence-corrected chi connectivity index (χ3v) is 5.31. The van der Waals surface area contributed by atoms with Gasteiger partial charge in [-0.1, -0.05) is 36.4 Å². The lowest BCUT2D eigenvalue weighted by atomic mass is 10.1. The van der Waals surface area contributed by atoms with Crippen LogP contribution in [0, 0.1) is 0 Å².